The molecule has 23 heavy (non-hydrogen) atoms. The van der Waals surface area contributed by atoms with Gasteiger partial charge in [0.05, 0.1) is 6.42 Å². The topological polar surface area (TPSA) is 84.5 Å². The predicted molar refractivity (Wildman–Crippen MR) is 86.9 cm³/mol. The fraction of sp³-hybridized carbons (Fsp3) is 0.471. The first-order valence-electron chi connectivity index (χ1n) is 7.66. The van der Waals surface area contributed by atoms with E-state index in [-0.39, 0.29) is 31.4 Å². The minimum atomic E-state index is -0.519. The Morgan fingerprint density at radius 2 is 1.83 bits per heavy atom. The van der Waals surface area contributed by atoms with Crippen molar-refractivity contribution < 1.29 is 19.1 Å². The first-order chi connectivity index (χ1) is 10.9. The number of ether oxygens (including phenoxy) is 1. The highest BCUT2D eigenvalue weighted by Gasteiger charge is 2.10. The first kappa shape index (κ1) is 18.7. The van der Waals surface area contributed by atoms with E-state index in [0.29, 0.717) is 18.0 Å². The average molecular weight is 320 g/mol. The number of carbonyl (C=O) groups excluding carboxylic acids is 3. The third-order valence-corrected chi connectivity index (χ3v) is 3.08. The van der Waals surface area contributed by atoms with Crippen molar-refractivity contribution in [3.63, 3.8) is 0 Å². The third kappa shape index (κ3) is 7.44. The van der Waals surface area contributed by atoms with Crippen LogP contribution >= 0.6 is 0 Å². The molecule has 1 rings (SSSR count). The van der Waals surface area contributed by atoms with E-state index in [4.69, 9.17) is 4.74 Å². The van der Waals surface area contributed by atoms with Gasteiger partial charge in [0.2, 0.25) is 0 Å². The van der Waals surface area contributed by atoms with Crippen molar-refractivity contribution in [1.82, 2.24) is 10.6 Å². The van der Waals surface area contributed by atoms with E-state index in [1.807, 2.05) is 32.9 Å². The van der Waals surface area contributed by atoms with E-state index >= 15 is 0 Å². The molecule has 0 spiro atoms. The summed E-state index contributed by atoms with van der Waals surface area (Å²) in [5.74, 6) is -0.734. The summed E-state index contributed by atoms with van der Waals surface area (Å²) in [6, 6.07) is 7.21. The number of carbonyl (C=O) groups is 3. The zero-order valence-electron chi connectivity index (χ0n) is 13.8. The normalized spacial score (nSPS) is 10.3. The van der Waals surface area contributed by atoms with E-state index in [2.05, 4.69) is 10.6 Å². The minimum Gasteiger partial charge on any atom is -0.456 e. The molecule has 0 fully saturated rings. The lowest BCUT2D eigenvalue weighted by Crippen LogP contribution is -2.32. The summed E-state index contributed by atoms with van der Waals surface area (Å²) in [5, 5.41) is 5.31. The van der Waals surface area contributed by atoms with Gasteiger partial charge in [0.1, 0.15) is 0 Å². The molecule has 0 atom stereocenters. The zero-order chi connectivity index (χ0) is 17.2. The molecule has 1 aromatic carbocycles. The van der Waals surface area contributed by atoms with Crippen LogP contribution in [0.15, 0.2) is 24.3 Å². The van der Waals surface area contributed by atoms with Crippen LogP contribution in [-0.2, 0) is 14.3 Å². The molecule has 6 heteroatoms. The van der Waals surface area contributed by atoms with Gasteiger partial charge in [-0.25, -0.2) is 0 Å². The Kier molecular flexibility index (Phi) is 7.80. The second kappa shape index (κ2) is 9.61. The van der Waals surface area contributed by atoms with Gasteiger partial charge < -0.3 is 15.4 Å². The van der Waals surface area contributed by atoms with Gasteiger partial charge in [-0.15, -0.1) is 0 Å². The van der Waals surface area contributed by atoms with Crippen LogP contribution in [0.1, 0.15) is 36.2 Å². The summed E-state index contributed by atoms with van der Waals surface area (Å²) in [6.45, 7) is 6.21. The number of nitrogens with one attached hydrogen (secondary N) is 2. The summed E-state index contributed by atoms with van der Waals surface area (Å²) >= 11 is 0. The van der Waals surface area contributed by atoms with E-state index in [9.17, 15) is 14.4 Å². The second-order valence-corrected chi connectivity index (χ2v) is 5.68. The third-order valence-electron chi connectivity index (χ3n) is 3.08. The van der Waals surface area contributed by atoms with Crippen molar-refractivity contribution in [2.45, 2.75) is 27.2 Å². The molecule has 0 saturated heterocycles. The van der Waals surface area contributed by atoms with Gasteiger partial charge in [0, 0.05) is 18.7 Å². The molecule has 6 nitrogen and oxygen atoms in total. The predicted octanol–water partition coefficient (Wildman–Crippen LogP) is 1.43. The fourth-order valence-electron chi connectivity index (χ4n) is 1.79. The van der Waals surface area contributed by atoms with Crippen molar-refractivity contribution in [2.75, 3.05) is 19.7 Å². The summed E-state index contributed by atoms with van der Waals surface area (Å²) in [4.78, 5) is 34.9. The number of amides is 2. The van der Waals surface area contributed by atoms with Crippen molar-refractivity contribution in [3.8, 4) is 0 Å². The Bertz CT molecular complexity index is 555. The maximum absolute atomic E-state index is 11.9. The molecule has 0 bridgehead atoms. The van der Waals surface area contributed by atoms with Crippen LogP contribution in [0.2, 0.25) is 0 Å². The van der Waals surface area contributed by atoms with Crippen LogP contribution in [0, 0.1) is 12.8 Å². The highest BCUT2D eigenvalue weighted by Crippen LogP contribution is 2.06. The van der Waals surface area contributed by atoms with E-state index in [0.717, 1.165) is 5.56 Å². The summed E-state index contributed by atoms with van der Waals surface area (Å²) in [5.41, 5.74) is 1.45. The lowest BCUT2D eigenvalue weighted by molar-refractivity contribution is -0.148. The van der Waals surface area contributed by atoms with Gasteiger partial charge >= 0.3 is 5.97 Å². The summed E-state index contributed by atoms with van der Waals surface area (Å²) < 4.78 is 4.85. The zero-order valence-corrected chi connectivity index (χ0v) is 13.8. The number of aryl methyl sites for hydroxylation is 1. The van der Waals surface area contributed by atoms with Crippen molar-refractivity contribution in [1.29, 1.82) is 0 Å². The van der Waals surface area contributed by atoms with Crippen molar-refractivity contribution in [3.05, 3.63) is 35.4 Å². The molecule has 0 aliphatic heterocycles. The minimum absolute atomic E-state index is 0.0229. The first-order valence-corrected chi connectivity index (χ1v) is 7.66. The Morgan fingerprint density at radius 3 is 2.48 bits per heavy atom. The van der Waals surface area contributed by atoms with Gasteiger partial charge in [-0.3, -0.25) is 14.4 Å². The van der Waals surface area contributed by atoms with Crippen LogP contribution in [0.4, 0.5) is 0 Å². The number of rotatable bonds is 8. The standard InChI is InChI=1S/C17H24N2O4/c1-12(2)10-19-15(20)11-23-16(21)8-9-18-17(22)14-7-5-4-6-13(14)3/h4-7,12H,8-11H2,1-3H3,(H,18,22)(H,19,20). The van der Waals surface area contributed by atoms with Gasteiger partial charge in [-0.05, 0) is 24.5 Å². The molecule has 0 aliphatic rings. The highest BCUT2D eigenvalue weighted by molar-refractivity contribution is 5.95. The highest BCUT2D eigenvalue weighted by atomic mass is 16.5. The smallest absolute Gasteiger partial charge is 0.308 e. The molecular weight excluding hydrogens is 296 g/mol. The molecule has 0 heterocycles. The quantitative estimate of drug-likeness (QED) is 0.710. The van der Waals surface area contributed by atoms with Gasteiger partial charge in [0.15, 0.2) is 6.61 Å². The molecule has 0 radical (unpaired) electrons. The van der Waals surface area contributed by atoms with E-state index in [1.54, 1.807) is 12.1 Å². The van der Waals surface area contributed by atoms with E-state index < -0.39 is 5.97 Å². The molecule has 0 unspecified atom stereocenters. The Morgan fingerprint density at radius 1 is 1.13 bits per heavy atom. The van der Waals surface area contributed by atoms with Crippen molar-refractivity contribution >= 4 is 17.8 Å². The number of hydrogen-bond acceptors (Lipinski definition) is 4. The maximum Gasteiger partial charge on any atom is 0.308 e. The second-order valence-electron chi connectivity index (χ2n) is 5.68. The van der Waals surface area contributed by atoms with Gasteiger partial charge in [0.25, 0.3) is 11.8 Å². The Balaban J connectivity index is 2.23. The molecule has 0 saturated carbocycles. The lowest BCUT2D eigenvalue weighted by atomic mass is 10.1. The summed E-state index contributed by atoms with van der Waals surface area (Å²) in [6.07, 6.45) is 0.0229. The van der Waals surface area contributed by atoms with Crippen LogP contribution < -0.4 is 10.6 Å². The Labute approximate surface area is 136 Å². The Hall–Kier alpha value is -2.37. The summed E-state index contributed by atoms with van der Waals surface area (Å²) in [7, 11) is 0. The molecule has 2 amide bonds. The largest absolute Gasteiger partial charge is 0.456 e. The van der Waals surface area contributed by atoms with Gasteiger partial charge in [-0.1, -0.05) is 32.0 Å². The SMILES string of the molecule is Cc1ccccc1C(=O)NCCC(=O)OCC(=O)NCC(C)C. The molecule has 2 N–H and O–H groups in total. The van der Waals surface area contributed by atoms with Gasteiger partial charge in [-0.2, -0.15) is 0 Å². The molecule has 0 aromatic heterocycles. The van der Waals surface area contributed by atoms with E-state index in [1.165, 1.54) is 0 Å². The van der Waals surface area contributed by atoms with Crippen LogP contribution in [0.25, 0.3) is 0 Å². The monoisotopic (exact) mass is 320 g/mol. The van der Waals surface area contributed by atoms with Crippen molar-refractivity contribution in [2.24, 2.45) is 5.92 Å². The molecule has 126 valence electrons. The number of hydrogen-bond donors (Lipinski definition) is 2. The maximum atomic E-state index is 11.9. The molecule has 1 aromatic rings. The molecular formula is C17H24N2O4. The molecule has 0 aliphatic carbocycles. The average Bonchev–Trinajstić information content (AvgIpc) is 2.51. The fourth-order valence-corrected chi connectivity index (χ4v) is 1.79. The number of esters is 1. The van der Waals surface area contributed by atoms with Crippen LogP contribution in [-0.4, -0.2) is 37.5 Å². The van der Waals surface area contributed by atoms with Crippen LogP contribution in [0.3, 0.4) is 0 Å². The lowest BCUT2D eigenvalue weighted by Gasteiger charge is -2.09. The van der Waals surface area contributed by atoms with Crippen LogP contribution in [0.5, 0.6) is 0 Å². The number of benzene rings is 1.